The molecule has 3 nitrogen and oxygen atoms in total. The van der Waals surface area contributed by atoms with Crippen molar-refractivity contribution < 1.29 is 4.74 Å². The van der Waals surface area contributed by atoms with Crippen molar-refractivity contribution in [3.05, 3.63) is 0 Å². The van der Waals surface area contributed by atoms with Crippen LogP contribution in [0.5, 0.6) is 0 Å². The Morgan fingerprint density at radius 3 is 2.20 bits per heavy atom. The highest BCUT2D eigenvalue weighted by Crippen LogP contribution is 2.28. The smallest absolute Gasteiger partial charge is 0.0802 e. The van der Waals surface area contributed by atoms with E-state index in [1.807, 2.05) is 0 Å². The van der Waals surface area contributed by atoms with Crippen molar-refractivity contribution in [2.45, 2.75) is 12.0 Å². The number of rotatable bonds is 2. The third-order valence-corrected chi connectivity index (χ3v) is 2.65. The quantitative estimate of drug-likeness (QED) is 0.560. The Bertz CT molecular complexity index is 124. The van der Waals surface area contributed by atoms with Gasteiger partial charge in [0.15, 0.2) is 0 Å². The van der Waals surface area contributed by atoms with Crippen molar-refractivity contribution in [3.63, 3.8) is 0 Å². The second kappa shape index (κ2) is 2.19. The van der Waals surface area contributed by atoms with Gasteiger partial charge in [0.1, 0.15) is 0 Å². The molecule has 2 aliphatic heterocycles. The Kier molecular flexibility index (Phi) is 1.44. The van der Waals surface area contributed by atoms with E-state index in [0.717, 1.165) is 19.8 Å². The van der Waals surface area contributed by atoms with Gasteiger partial charge in [-0.15, -0.1) is 0 Å². The molecule has 2 N–H and O–H groups in total. The third kappa shape index (κ3) is 0.713. The molecule has 0 radical (unpaired) electrons. The van der Waals surface area contributed by atoms with E-state index >= 15 is 0 Å². The molecule has 58 valence electrons. The molecule has 2 aliphatic rings. The first kappa shape index (κ1) is 6.58. The first-order chi connectivity index (χ1) is 4.87. The van der Waals surface area contributed by atoms with Crippen molar-refractivity contribution in [1.29, 1.82) is 0 Å². The van der Waals surface area contributed by atoms with Gasteiger partial charge in [-0.3, -0.25) is 4.90 Å². The molecule has 0 bridgehead atoms. The summed E-state index contributed by atoms with van der Waals surface area (Å²) in [6, 6.07) is 0. The second-order valence-corrected chi connectivity index (χ2v) is 3.26. The molecule has 2 heterocycles. The summed E-state index contributed by atoms with van der Waals surface area (Å²) >= 11 is 0. The van der Waals surface area contributed by atoms with Gasteiger partial charge >= 0.3 is 0 Å². The lowest BCUT2D eigenvalue weighted by molar-refractivity contribution is -0.153. The van der Waals surface area contributed by atoms with E-state index < -0.39 is 0 Å². The van der Waals surface area contributed by atoms with Gasteiger partial charge < -0.3 is 10.5 Å². The lowest BCUT2D eigenvalue weighted by Gasteiger charge is -2.53. The highest BCUT2D eigenvalue weighted by atomic mass is 16.5. The lowest BCUT2D eigenvalue weighted by atomic mass is 9.92. The zero-order valence-electron chi connectivity index (χ0n) is 6.18. The highest BCUT2D eigenvalue weighted by molar-refractivity contribution is 5.00. The number of nitrogens with two attached hydrogens (primary N) is 1. The van der Waals surface area contributed by atoms with Gasteiger partial charge in [-0.05, 0) is 6.42 Å². The molecule has 0 spiro atoms. The first-order valence-electron chi connectivity index (χ1n) is 3.90. The fourth-order valence-corrected chi connectivity index (χ4v) is 1.56. The standard InChI is InChI=1S/C7H14N2O/c8-4-7(5-10-6-7)9-2-1-3-9/h1-6,8H2. The Hall–Kier alpha value is -0.120. The number of hydrogen-bond acceptors (Lipinski definition) is 3. The zero-order valence-corrected chi connectivity index (χ0v) is 6.18. The molecular formula is C7H14N2O. The van der Waals surface area contributed by atoms with Crippen LogP contribution in [0.15, 0.2) is 0 Å². The van der Waals surface area contributed by atoms with Gasteiger partial charge in [-0.25, -0.2) is 0 Å². The summed E-state index contributed by atoms with van der Waals surface area (Å²) in [7, 11) is 0. The van der Waals surface area contributed by atoms with E-state index in [2.05, 4.69) is 4.90 Å². The van der Waals surface area contributed by atoms with Crippen LogP contribution in [0.4, 0.5) is 0 Å². The van der Waals surface area contributed by atoms with E-state index in [4.69, 9.17) is 10.5 Å². The van der Waals surface area contributed by atoms with Crippen LogP contribution in [0, 0.1) is 0 Å². The molecule has 3 heteroatoms. The molecule has 2 rings (SSSR count). The molecule has 0 aromatic carbocycles. The topological polar surface area (TPSA) is 38.5 Å². The van der Waals surface area contributed by atoms with E-state index in [1.54, 1.807) is 0 Å². The molecule has 0 amide bonds. The number of likely N-dealkylation sites (tertiary alicyclic amines) is 1. The molecular weight excluding hydrogens is 128 g/mol. The molecule has 0 aromatic heterocycles. The maximum absolute atomic E-state index is 5.66. The second-order valence-electron chi connectivity index (χ2n) is 3.26. The van der Waals surface area contributed by atoms with Crippen LogP contribution in [0.3, 0.4) is 0 Å². The molecule has 0 unspecified atom stereocenters. The summed E-state index contributed by atoms with van der Waals surface area (Å²) in [5, 5.41) is 0. The summed E-state index contributed by atoms with van der Waals surface area (Å²) in [6.07, 6.45) is 1.34. The SMILES string of the molecule is NCC1(N2CCC2)COC1. The molecule has 0 atom stereocenters. The third-order valence-electron chi connectivity index (χ3n) is 2.65. The maximum Gasteiger partial charge on any atom is 0.0802 e. The average molecular weight is 142 g/mol. The van der Waals surface area contributed by atoms with Gasteiger partial charge in [0.2, 0.25) is 0 Å². The Morgan fingerprint density at radius 2 is 2.10 bits per heavy atom. The normalized spacial score (nSPS) is 30.9. The largest absolute Gasteiger partial charge is 0.377 e. The van der Waals surface area contributed by atoms with Crippen molar-refractivity contribution in [3.8, 4) is 0 Å². The Labute approximate surface area is 61.1 Å². The fourth-order valence-electron chi connectivity index (χ4n) is 1.56. The number of hydrogen-bond donors (Lipinski definition) is 1. The zero-order chi connectivity index (χ0) is 7.03. The maximum atomic E-state index is 5.66. The number of nitrogens with zero attached hydrogens (tertiary/aromatic N) is 1. The fraction of sp³-hybridized carbons (Fsp3) is 1.00. The highest BCUT2D eigenvalue weighted by Gasteiger charge is 2.44. The van der Waals surface area contributed by atoms with Crippen LogP contribution in [0.25, 0.3) is 0 Å². The van der Waals surface area contributed by atoms with Gasteiger partial charge in [0.05, 0.1) is 18.8 Å². The van der Waals surface area contributed by atoms with E-state index in [-0.39, 0.29) is 5.54 Å². The summed E-state index contributed by atoms with van der Waals surface area (Å²) in [5.41, 5.74) is 5.91. The van der Waals surface area contributed by atoms with Crippen LogP contribution in [-0.2, 0) is 4.74 Å². The summed E-state index contributed by atoms with van der Waals surface area (Å²) in [4.78, 5) is 2.44. The minimum absolute atomic E-state index is 0.248. The van der Waals surface area contributed by atoms with Gasteiger partial charge in [0.25, 0.3) is 0 Å². The van der Waals surface area contributed by atoms with Gasteiger partial charge in [-0.1, -0.05) is 0 Å². The first-order valence-corrected chi connectivity index (χ1v) is 3.90. The predicted molar refractivity (Wildman–Crippen MR) is 38.8 cm³/mol. The van der Waals surface area contributed by atoms with Gasteiger partial charge in [-0.2, -0.15) is 0 Å². The molecule has 0 aromatic rings. The van der Waals surface area contributed by atoms with E-state index in [1.165, 1.54) is 19.5 Å². The lowest BCUT2D eigenvalue weighted by Crippen LogP contribution is -2.69. The van der Waals surface area contributed by atoms with E-state index in [9.17, 15) is 0 Å². The molecule has 2 saturated heterocycles. The molecule has 0 aliphatic carbocycles. The molecule has 10 heavy (non-hydrogen) atoms. The van der Waals surface area contributed by atoms with Gasteiger partial charge in [0, 0.05) is 19.6 Å². The minimum Gasteiger partial charge on any atom is -0.377 e. The monoisotopic (exact) mass is 142 g/mol. The van der Waals surface area contributed by atoms with Crippen LogP contribution in [-0.4, -0.2) is 43.3 Å². The Morgan fingerprint density at radius 1 is 1.40 bits per heavy atom. The van der Waals surface area contributed by atoms with Crippen molar-refractivity contribution in [2.24, 2.45) is 5.73 Å². The van der Waals surface area contributed by atoms with Crippen LogP contribution >= 0.6 is 0 Å². The Balaban J connectivity index is 1.96. The van der Waals surface area contributed by atoms with Crippen LogP contribution < -0.4 is 5.73 Å². The number of ether oxygens (including phenoxy) is 1. The summed E-state index contributed by atoms with van der Waals surface area (Å²) in [5.74, 6) is 0. The van der Waals surface area contributed by atoms with E-state index in [0.29, 0.717) is 0 Å². The van der Waals surface area contributed by atoms with Crippen molar-refractivity contribution in [2.75, 3.05) is 32.8 Å². The molecule has 2 fully saturated rings. The van der Waals surface area contributed by atoms with Crippen LogP contribution in [0.1, 0.15) is 6.42 Å². The average Bonchev–Trinajstić information content (AvgIpc) is 1.73. The van der Waals surface area contributed by atoms with Crippen LogP contribution in [0.2, 0.25) is 0 Å². The predicted octanol–water partition coefficient (Wildman–Crippen LogP) is -0.580. The van der Waals surface area contributed by atoms with Crippen molar-refractivity contribution >= 4 is 0 Å². The summed E-state index contributed by atoms with van der Waals surface area (Å²) < 4.78 is 5.16. The minimum atomic E-state index is 0.248. The van der Waals surface area contributed by atoms with Crippen molar-refractivity contribution in [1.82, 2.24) is 4.90 Å². The summed E-state index contributed by atoms with van der Waals surface area (Å²) in [6.45, 7) is 4.90. The molecule has 0 saturated carbocycles.